The molecule has 1 heterocycles. The zero-order valence-corrected chi connectivity index (χ0v) is 10.2. The molecule has 0 aromatic heterocycles. The number of aliphatic hydroxyl groups is 1. The minimum Gasteiger partial charge on any atom is -0.480 e. The molecule has 1 amide bonds. The number of carboxylic acids is 1. The number of sulfone groups is 1. The fourth-order valence-electron chi connectivity index (χ4n) is 1.74. The lowest BCUT2D eigenvalue weighted by Gasteiger charge is -2.20. The Morgan fingerprint density at radius 1 is 1.41 bits per heavy atom. The van der Waals surface area contributed by atoms with E-state index in [0.717, 1.165) is 11.2 Å². The maximum absolute atomic E-state index is 11.6. The molecule has 2 N–H and O–H groups in total. The van der Waals surface area contributed by atoms with E-state index in [4.69, 9.17) is 5.11 Å². The summed E-state index contributed by atoms with van der Waals surface area (Å²) in [5, 5.41) is 18.2. The van der Waals surface area contributed by atoms with Crippen LogP contribution >= 0.6 is 0 Å². The van der Waals surface area contributed by atoms with Crippen molar-refractivity contribution in [1.82, 2.24) is 4.90 Å². The molecule has 0 unspecified atom stereocenters. The fourth-order valence-corrected chi connectivity index (χ4v) is 2.29. The van der Waals surface area contributed by atoms with Crippen molar-refractivity contribution in [3.8, 4) is 0 Å². The van der Waals surface area contributed by atoms with E-state index in [-0.39, 0.29) is 25.1 Å². The highest BCUT2D eigenvalue weighted by atomic mass is 32.2. The third-order valence-electron chi connectivity index (χ3n) is 2.57. The van der Waals surface area contributed by atoms with Crippen molar-refractivity contribution in [3.05, 3.63) is 0 Å². The van der Waals surface area contributed by atoms with E-state index in [1.54, 1.807) is 0 Å². The molecule has 2 atom stereocenters. The van der Waals surface area contributed by atoms with Crippen molar-refractivity contribution in [2.75, 3.05) is 18.6 Å². The second-order valence-corrected chi connectivity index (χ2v) is 6.43. The van der Waals surface area contributed by atoms with E-state index in [9.17, 15) is 23.1 Å². The Morgan fingerprint density at radius 3 is 2.47 bits per heavy atom. The van der Waals surface area contributed by atoms with Gasteiger partial charge in [-0.15, -0.1) is 0 Å². The van der Waals surface area contributed by atoms with Crippen molar-refractivity contribution < 1.29 is 28.2 Å². The third-order valence-corrected chi connectivity index (χ3v) is 3.52. The molecule has 8 heteroatoms. The first-order valence-corrected chi connectivity index (χ1v) is 7.15. The molecule has 0 aromatic carbocycles. The smallest absolute Gasteiger partial charge is 0.326 e. The first kappa shape index (κ1) is 13.9. The number of amides is 1. The van der Waals surface area contributed by atoms with Gasteiger partial charge in [-0.05, 0) is 0 Å². The van der Waals surface area contributed by atoms with E-state index < -0.39 is 33.9 Å². The predicted molar refractivity (Wildman–Crippen MR) is 58.1 cm³/mol. The topological polar surface area (TPSA) is 112 Å². The summed E-state index contributed by atoms with van der Waals surface area (Å²) in [5.41, 5.74) is 0. The molecule has 7 nitrogen and oxygen atoms in total. The van der Waals surface area contributed by atoms with Crippen molar-refractivity contribution in [3.63, 3.8) is 0 Å². The average Bonchev–Trinajstić information content (AvgIpc) is 2.55. The van der Waals surface area contributed by atoms with Crippen LogP contribution in [0.25, 0.3) is 0 Å². The molecule has 1 rings (SSSR count). The van der Waals surface area contributed by atoms with Gasteiger partial charge in [-0.2, -0.15) is 0 Å². The lowest BCUT2D eigenvalue weighted by atomic mass is 10.2. The molecule has 0 aromatic rings. The first-order chi connectivity index (χ1) is 7.70. The number of hydrogen-bond donors (Lipinski definition) is 2. The van der Waals surface area contributed by atoms with Crippen LogP contribution in [-0.2, 0) is 19.4 Å². The third kappa shape index (κ3) is 3.97. The molecule has 0 saturated carbocycles. The van der Waals surface area contributed by atoms with Gasteiger partial charge in [-0.3, -0.25) is 4.79 Å². The maximum atomic E-state index is 11.6. The summed E-state index contributed by atoms with van der Waals surface area (Å²) in [4.78, 5) is 23.5. The van der Waals surface area contributed by atoms with Crippen LogP contribution in [0.1, 0.15) is 12.8 Å². The predicted octanol–water partition coefficient (Wildman–Crippen LogP) is -1.53. The monoisotopic (exact) mass is 265 g/mol. The minimum absolute atomic E-state index is 0.0139. The van der Waals surface area contributed by atoms with Gasteiger partial charge < -0.3 is 15.1 Å². The van der Waals surface area contributed by atoms with Crippen LogP contribution < -0.4 is 0 Å². The van der Waals surface area contributed by atoms with Crippen molar-refractivity contribution >= 4 is 21.7 Å². The number of rotatable bonds is 4. The highest BCUT2D eigenvalue weighted by Crippen LogP contribution is 2.19. The standard InChI is InChI=1S/C9H15NO6S/c1-17(15,16)3-2-8(12)10-5-6(11)4-7(10)9(13)14/h6-7,11H,2-5H2,1H3,(H,13,14)/t6-,7-/m0/s1. The van der Waals surface area contributed by atoms with E-state index in [1.165, 1.54) is 0 Å². The molecule has 0 radical (unpaired) electrons. The Balaban J connectivity index is 2.65. The van der Waals surface area contributed by atoms with E-state index in [1.807, 2.05) is 0 Å². The summed E-state index contributed by atoms with van der Waals surface area (Å²) < 4.78 is 21.8. The van der Waals surface area contributed by atoms with Gasteiger partial charge in [0.25, 0.3) is 0 Å². The van der Waals surface area contributed by atoms with Gasteiger partial charge in [0.2, 0.25) is 5.91 Å². The Kier molecular flexibility index (Phi) is 4.10. The molecule has 1 fully saturated rings. The van der Waals surface area contributed by atoms with E-state index in [0.29, 0.717) is 0 Å². The molecule has 98 valence electrons. The van der Waals surface area contributed by atoms with Gasteiger partial charge >= 0.3 is 5.97 Å². The number of hydrogen-bond acceptors (Lipinski definition) is 5. The van der Waals surface area contributed by atoms with Gasteiger partial charge in [0.05, 0.1) is 11.9 Å². The van der Waals surface area contributed by atoms with Crippen LogP contribution in [0.3, 0.4) is 0 Å². The number of carboxylic acid groups (broad SMARTS) is 1. The van der Waals surface area contributed by atoms with E-state index >= 15 is 0 Å². The van der Waals surface area contributed by atoms with Gasteiger partial charge in [0, 0.05) is 25.6 Å². The molecule has 0 spiro atoms. The molecular weight excluding hydrogens is 250 g/mol. The van der Waals surface area contributed by atoms with Gasteiger partial charge in [-0.1, -0.05) is 0 Å². The summed E-state index contributed by atoms with van der Waals surface area (Å²) in [6, 6.07) is -1.06. The zero-order valence-electron chi connectivity index (χ0n) is 9.37. The average molecular weight is 265 g/mol. The second kappa shape index (κ2) is 5.01. The SMILES string of the molecule is CS(=O)(=O)CCC(=O)N1C[C@@H](O)C[C@H]1C(=O)O. The number of likely N-dealkylation sites (tertiary alicyclic amines) is 1. The van der Waals surface area contributed by atoms with Gasteiger partial charge in [-0.25, -0.2) is 13.2 Å². The highest BCUT2D eigenvalue weighted by Gasteiger charge is 2.38. The summed E-state index contributed by atoms with van der Waals surface area (Å²) in [6.07, 6.45) is -0.124. The second-order valence-electron chi connectivity index (χ2n) is 4.17. The lowest BCUT2D eigenvalue weighted by molar-refractivity contribution is -0.148. The molecule has 0 bridgehead atoms. The zero-order chi connectivity index (χ0) is 13.2. The van der Waals surface area contributed by atoms with Crippen LogP contribution in [0, 0.1) is 0 Å². The van der Waals surface area contributed by atoms with Crippen LogP contribution in [0.4, 0.5) is 0 Å². The van der Waals surface area contributed by atoms with Crippen molar-refractivity contribution in [2.45, 2.75) is 25.0 Å². The number of aliphatic carboxylic acids is 1. The number of aliphatic hydroxyl groups excluding tert-OH is 1. The fraction of sp³-hybridized carbons (Fsp3) is 0.778. The summed E-state index contributed by atoms with van der Waals surface area (Å²) in [5.74, 6) is -2.06. The lowest BCUT2D eigenvalue weighted by Crippen LogP contribution is -2.41. The molecule has 0 aliphatic carbocycles. The van der Waals surface area contributed by atoms with Crippen LogP contribution in [0.2, 0.25) is 0 Å². The van der Waals surface area contributed by atoms with Gasteiger partial charge in [0.1, 0.15) is 15.9 Å². The van der Waals surface area contributed by atoms with Gasteiger partial charge in [0.15, 0.2) is 0 Å². The summed E-state index contributed by atoms with van der Waals surface area (Å²) in [6.45, 7) is -0.0560. The Labute approximate surface area is 98.9 Å². The Bertz CT molecular complexity index is 417. The highest BCUT2D eigenvalue weighted by molar-refractivity contribution is 7.90. The largest absolute Gasteiger partial charge is 0.480 e. The minimum atomic E-state index is -3.26. The van der Waals surface area contributed by atoms with Crippen LogP contribution in [0.15, 0.2) is 0 Å². The molecule has 1 aliphatic rings. The first-order valence-electron chi connectivity index (χ1n) is 5.09. The normalized spacial score (nSPS) is 24.9. The Morgan fingerprint density at radius 2 is 2.00 bits per heavy atom. The number of carbonyl (C=O) groups excluding carboxylic acids is 1. The van der Waals surface area contributed by atoms with E-state index in [2.05, 4.69) is 0 Å². The van der Waals surface area contributed by atoms with Crippen LogP contribution in [-0.4, -0.2) is 66.1 Å². The number of carbonyl (C=O) groups is 2. The number of nitrogens with zero attached hydrogens (tertiary/aromatic N) is 1. The molecule has 17 heavy (non-hydrogen) atoms. The summed E-state index contributed by atoms with van der Waals surface area (Å²) in [7, 11) is -3.26. The quantitative estimate of drug-likeness (QED) is 0.637. The summed E-state index contributed by atoms with van der Waals surface area (Å²) >= 11 is 0. The molecular formula is C9H15NO6S. The van der Waals surface area contributed by atoms with Crippen molar-refractivity contribution in [2.24, 2.45) is 0 Å². The Hall–Kier alpha value is -1.15. The maximum Gasteiger partial charge on any atom is 0.326 e. The molecule has 1 saturated heterocycles. The molecule has 1 aliphatic heterocycles. The van der Waals surface area contributed by atoms with Crippen molar-refractivity contribution in [1.29, 1.82) is 0 Å². The number of β-amino-alcohol motifs (C(OH)–C–C–N with tert-alkyl or cyclic N) is 1. The van der Waals surface area contributed by atoms with Crippen LogP contribution in [0.5, 0.6) is 0 Å².